The fourth-order valence-corrected chi connectivity index (χ4v) is 3.13. The van der Waals surface area contributed by atoms with Crippen molar-refractivity contribution < 1.29 is 14.3 Å². The molecule has 0 fully saturated rings. The largest absolute Gasteiger partial charge is 0.493 e. The van der Waals surface area contributed by atoms with Gasteiger partial charge in [-0.1, -0.05) is 60.5 Å². The van der Waals surface area contributed by atoms with Gasteiger partial charge in [-0.15, -0.1) is 6.42 Å². The Labute approximate surface area is 177 Å². The molecule has 0 atom stereocenters. The SMILES string of the molecule is C#CCOc1ccc(CCC(=O)NCC=Cc2ccc3ccccc3c2)cc1OC. The average molecular weight is 399 g/mol. The van der Waals surface area contributed by atoms with E-state index in [0.717, 1.165) is 11.1 Å². The van der Waals surface area contributed by atoms with Crippen molar-refractivity contribution >= 4 is 22.8 Å². The second-order valence-corrected chi connectivity index (χ2v) is 6.79. The number of amides is 1. The number of rotatable bonds is 9. The van der Waals surface area contributed by atoms with Gasteiger partial charge in [0.15, 0.2) is 11.5 Å². The minimum atomic E-state index is 0.00443. The first kappa shape index (κ1) is 21.0. The number of ether oxygens (including phenoxy) is 2. The molecule has 0 aliphatic rings. The van der Waals surface area contributed by atoms with Gasteiger partial charge in [-0.2, -0.15) is 0 Å². The average Bonchev–Trinajstić information content (AvgIpc) is 2.79. The Hall–Kier alpha value is -3.71. The molecule has 0 saturated carbocycles. The highest BCUT2D eigenvalue weighted by Gasteiger charge is 2.07. The quantitative estimate of drug-likeness (QED) is 0.534. The Morgan fingerprint density at radius 2 is 1.90 bits per heavy atom. The standard InChI is InChI=1S/C26H25NO3/c1-3-17-30-24-14-11-21(19-25(24)29-2)12-15-26(28)27-16-6-7-20-10-13-22-8-4-5-9-23(22)18-20/h1,4-11,13-14,18-19H,12,15-17H2,2H3,(H,27,28). The van der Waals surface area contributed by atoms with E-state index in [0.29, 0.717) is 30.9 Å². The number of carbonyl (C=O) groups is 1. The maximum absolute atomic E-state index is 12.1. The van der Waals surface area contributed by atoms with E-state index in [1.165, 1.54) is 10.8 Å². The number of nitrogens with one attached hydrogen (secondary N) is 1. The molecule has 4 nitrogen and oxygen atoms in total. The van der Waals surface area contributed by atoms with Crippen LogP contribution in [0.3, 0.4) is 0 Å². The van der Waals surface area contributed by atoms with Crippen LogP contribution in [0.25, 0.3) is 16.8 Å². The molecule has 3 rings (SSSR count). The maximum atomic E-state index is 12.1. The lowest BCUT2D eigenvalue weighted by atomic mass is 10.1. The van der Waals surface area contributed by atoms with Crippen LogP contribution in [-0.2, 0) is 11.2 Å². The number of hydrogen-bond acceptors (Lipinski definition) is 3. The lowest BCUT2D eigenvalue weighted by molar-refractivity contribution is -0.120. The molecule has 152 valence electrons. The molecule has 1 amide bonds. The highest BCUT2D eigenvalue weighted by Crippen LogP contribution is 2.28. The van der Waals surface area contributed by atoms with Gasteiger partial charge in [0.05, 0.1) is 7.11 Å². The Balaban J connectivity index is 1.46. The zero-order valence-corrected chi connectivity index (χ0v) is 17.1. The molecule has 1 N–H and O–H groups in total. The van der Waals surface area contributed by atoms with Crippen LogP contribution in [0.4, 0.5) is 0 Å². The Morgan fingerprint density at radius 1 is 1.07 bits per heavy atom. The van der Waals surface area contributed by atoms with Crippen molar-refractivity contribution in [3.05, 3.63) is 77.9 Å². The van der Waals surface area contributed by atoms with Gasteiger partial charge in [-0.3, -0.25) is 4.79 Å². The predicted octanol–water partition coefficient (Wildman–Crippen LogP) is 4.62. The summed E-state index contributed by atoms with van der Waals surface area (Å²) in [6.07, 6.45) is 10.2. The van der Waals surface area contributed by atoms with E-state index in [1.807, 2.05) is 42.5 Å². The normalized spacial score (nSPS) is 10.7. The number of hydrogen-bond donors (Lipinski definition) is 1. The van der Waals surface area contributed by atoms with Crippen molar-refractivity contribution in [2.75, 3.05) is 20.3 Å². The first-order valence-corrected chi connectivity index (χ1v) is 9.85. The van der Waals surface area contributed by atoms with Crippen molar-refractivity contribution in [3.8, 4) is 23.8 Å². The molecule has 3 aromatic rings. The minimum absolute atomic E-state index is 0.00443. The summed E-state index contributed by atoms with van der Waals surface area (Å²) in [6, 6.07) is 20.2. The number of methoxy groups -OCH3 is 1. The van der Waals surface area contributed by atoms with Gasteiger partial charge in [0.25, 0.3) is 0 Å². The third-order valence-electron chi connectivity index (χ3n) is 4.68. The van der Waals surface area contributed by atoms with E-state index in [1.54, 1.807) is 7.11 Å². The molecular weight excluding hydrogens is 374 g/mol. The number of terminal acetylenes is 1. The molecule has 0 heterocycles. The van der Waals surface area contributed by atoms with E-state index in [2.05, 4.69) is 41.6 Å². The van der Waals surface area contributed by atoms with E-state index in [-0.39, 0.29) is 12.5 Å². The topological polar surface area (TPSA) is 47.6 Å². The molecule has 3 aromatic carbocycles. The Bertz CT molecular complexity index is 1080. The smallest absolute Gasteiger partial charge is 0.220 e. The second kappa shape index (κ2) is 10.7. The highest BCUT2D eigenvalue weighted by molar-refractivity contribution is 5.84. The van der Waals surface area contributed by atoms with Gasteiger partial charge < -0.3 is 14.8 Å². The minimum Gasteiger partial charge on any atom is -0.493 e. The van der Waals surface area contributed by atoms with Crippen LogP contribution in [-0.4, -0.2) is 26.2 Å². The fraction of sp³-hybridized carbons (Fsp3) is 0.192. The molecule has 0 spiro atoms. The fourth-order valence-electron chi connectivity index (χ4n) is 3.13. The second-order valence-electron chi connectivity index (χ2n) is 6.79. The molecule has 0 saturated heterocycles. The summed E-state index contributed by atoms with van der Waals surface area (Å²) in [6.45, 7) is 0.679. The highest BCUT2D eigenvalue weighted by atomic mass is 16.5. The van der Waals surface area contributed by atoms with Crippen LogP contribution in [0.15, 0.2) is 66.7 Å². The molecule has 0 aliphatic carbocycles. The third kappa shape index (κ3) is 5.89. The van der Waals surface area contributed by atoms with E-state index >= 15 is 0 Å². The Kier molecular flexibility index (Phi) is 7.51. The van der Waals surface area contributed by atoms with Gasteiger partial charge in [0, 0.05) is 13.0 Å². The first-order valence-electron chi connectivity index (χ1n) is 9.85. The van der Waals surface area contributed by atoms with Crippen LogP contribution < -0.4 is 14.8 Å². The molecule has 0 aromatic heterocycles. The summed E-state index contributed by atoms with van der Waals surface area (Å²) in [5.41, 5.74) is 2.11. The summed E-state index contributed by atoms with van der Waals surface area (Å²) in [5.74, 6) is 3.64. The summed E-state index contributed by atoms with van der Waals surface area (Å²) in [7, 11) is 1.58. The van der Waals surface area contributed by atoms with Crippen LogP contribution in [0.2, 0.25) is 0 Å². The molecule has 4 heteroatoms. The van der Waals surface area contributed by atoms with Crippen molar-refractivity contribution in [1.82, 2.24) is 5.32 Å². The zero-order valence-electron chi connectivity index (χ0n) is 17.1. The van der Waals surface area contributed by atoms with Crippen LogP contribution in [0.5, 0.6) is 11.5 Å². The van der Waals surface area contributed by atoms with Crippen LogP contribution in [0.1, 0.15) is 17.5 Å². The zero-order chi connectivity index (χ0) is 21.2. The lowest BCUT2D eigenvalue weighted by Gasteiger charge is -2.10. The summed E-state index contributed by atoms with van der Waals surface area (Å²) in [5, 5.41) is 5.35. The van der Waals surface area contributed by atoms with Gasteiger partial charge in [-0.05, 0) is 46.5 Å². The predicted molar refractivity (Wildman–Crippen MR) is 122 cm³/mol. The number of carbonyl (C=O) groups excluding carboxylic acids is 1. The van der Waals surface area contributed by atoms with Gasteiger partial charge >= 0.3 is 0 Å². The number of fused-ring (bicyclic) bond motifs is 1. The van der Waals surface area contributed by atoms with Crippen molar-refractivity contribution in [2.24, 2.45) is 0 Å². The third-order valence-corrected chi connectivity index (χ3v) is 4.68. The number of aryl methyl sites for hydroxylation is 1. The summed E-state index contributed by atoms with van der Waals surface area (Å²) < 4.78 is 10.8. The van der Waals surface area contributed by atoms with Crippen molar-refractivity contribution in [3.63, 3.8) is 0 Å². The van der Waals surface area contributed by atoms with Crippen LogP contribution >= 0.6 is 0 Å². The van der Waals surface area contributed by atoms with Gasteiger partial charge in [0.1, 0.15) is 6.61 Å². The first-order chi connectivity index (χ1) is 14.7. The molecule has 0 bridgehead atoms. The summed E-state index contributed by atoms with van der Waals surface area (Å²) in [4.78, 5) is 12.1. The van der Waals surface area contributed by atoms with E-state index in [4.69, 9.17) is 15.9 Å². The molecule has 0 radical (unpaired) electrons. The van der Waals surface area contributed by atoms with Crippen molar-refractivity contribution in [1.29, 1.82) is 0 Å². The molecule has 30 heavy (non-hydrogen) atoms. The van der Waals surface area contributed by atoms with Crippen molar-refractivity contribution in [2.45, 2.75) is 12.8 Å². The maximum Gasteiger partial charge on any atom is 0.220 e. The molecule has 0 unspecified atom stereocenters. The monoisotopic (exact) mass is 399 g/mol. The van der Waals surface area contributed by atoms with Crippen LogP contribution in [0, 0.1) is 12.3 Å². The number of benzene rings is 3. The van der Waals surface area contributed by atoms with Gasteiger partial charge in [-0.25, -0.2) is 0 Å². The molecule has 0 aliphatic heterocycles. The van der Waals surface area contributed by atoms with Gasteiger partial charge in [0.2, 0.25) is 5.91 Å². The molecular formula is C26H25NO3. The Morgan fingerprint density at radius 3 is 2.70 bits per heavy atom. The van der Waals surface area contributed by atoms with E-state index in [9.17, 15) is 4.79 Å². The van der Waals surface area contributed by atoms with E-state index < -0.39 is 0 Å². The summed E-state index contributed by atoms with van der Waals surface area (Å²) >= 11 is 0. The lowest BCUT2D eigenvalue weighted by Crippen LogP contribution is -2.23.